The summed E-state index contributed by atoms with van der Waals surface area (Å²) in [5.41, 5.74) is 0. The molecule has 0 saturated carbocycles. The van der Waals surface area contributed by atoms with Crippen molar-refractivity contribution >= 4 is 10.1 Å². The fourth-order valence-electron chi connectivity index (χ4n) is 0.177. The second-order valence-corrected chi connectivity index (χ2v) is 2.99. The molecule has 52 valence electrons. The van der Waals surface area contributed by atoms with Crippen LogP contribution < -0.4 is 0 Å². The fraction of sp³-hybridized carbons (Fsp3) is 0.600. The SMILES string of the molecule is CCC#COS(C)(=O)=O. The topological polar surface area (TPSA) is 43.4 Å². The predicted molar refractivity (Wildman–Crippen MR) is 34.0 cm³/mol. The van der Waals surface area contributed by atoms with Crippen molar-refractivity contribution in [2.45, 2.75) is 13.3 Å². The monoisotopic (exact) mass is 148 g/mol. The lowest BCUT2D eigenvalue weighted by atomic mass is 10.5. The molecule has 0 saturated heterocycles. The van der Waals surface area contributed by atoms with Gasteiger partial charge in [-0.15, -0.1) is 0 Å². The third-order valence-electron chi connectivity index (χ3n) is 0.442. The molecule has 0 aromatic rings. The molecule has 0 spiro atoms. The van der Waals surface area contributed by atoms with Crippen LogP contribution in [0.4, 0.5) is 0 Å². The molecule has 0 unspecified atom stereocenters. The van der Waals surface area contributed by atoms with E-state index >= 15 is 0 Å². The van der Waals surface area contributed by atoms with Gasteiger partial charge in [-0.25, -0.2) is 0 Å². The van der Waals surface area contributed by atoms with Crippen LogP contribution in [0.1, 0.15) is 13.3 Å². The minimum atomic E-state index is -3.37. The second kappa shape index (κ2) is 3.36. The normalized spacial score (nSPS) is 9.56. The van der Waals surface area contributed by atoms with E-state index in [9.17, 15) is 8.42 Å². The van der Waals surface area contributed by atoms with Crippen molar-refractivity contribution < 1.29 is 12.6 Å². The summed E-state index contributed by atoms with van der Waals surface area (Å²) >= 11 is 0. The van der Waals surface area contributed by atoms with Crippen LogP contribution in [0, 0.1) is 12.0 Å². The zero-order valence-corrected chi connectivity index (χ0v) is 6.16. The highest BCUT2D eigenvalue weighted by Gasteiger charge is 1.94. The number of hydrogen-bond acceptors (Lipinski definition) is 3. The van der Waals surface area contributed by atoms with Gasteiger partial charge < -0.3 is 4.18 Å². The van der Waals surface area contributed by atoms with Crippen molar-refractivity contribution in [3.05, 3.63) is 0 Å². The third kappa shape index (κ3) is 7.31. The summed E-state index contributed by atoms with van der Waals surface area (Å²) in [6.45, 7) is 1.80. The van der Waals surface area contributed by atoms with E-state index < -0.39 is 10.1 Å². The average molecular weight is 148 g/mol. The Morgan fingerprint density at radius 1 is 1.56 bits per heavy atom. The molecule has 0 rings (SSSR count). The molecule has 0 bridgehead atoms. The van der Waals surface area contributed by atoms with E-state index in [1.807, 2.05) is 6.11 Å². The molecule has 0 aromatic heterocycles. The Morgan fingerprint density at radius 3 is 2.44 bits per heavy atom. The van der Waals surface area contributed by atoms with E-state index in [2.05, 4.69) is 10.1 Å². The number of rotatable bonds is 1. The van der Waals surface area contributed by atoms with Crippen molar-refractivity contribution in [1.29, 1.82) is 0 Å². The number of hydrogen-bond donors (Lipinski definition) is 0. The van der Waals surface area contributed by atoms with E-state index in [1.54, 1.807) is 6.92 Å². The predicted octanol–water partition coefficient (Wildman–Crippen LogP) is 0.334. The minimum absolute atomic E-state index is 0.593. The molecule has 0 aliphatic carbocycles. The van der Waals surface area contributed by atoms with Crippen LogP contribution in [0.2, 0.25) is 0 Å². The molecule has 0 atom stereocenters. The summed E-state index contributed by atoms with van der Waals surface area (Å²) in [6.07, 6.45) is 3.59. The van der Waals surface area contributed by atoms with Gasteiger partial charge in [0, 0.05) is 6.42 Å². The van der Waals surface area contributed by atoms with Crippen LogP contribution in [0.15, 0.2) is 0 Å². The van der Waals surface area contributed by atoms with Crippen molar-refractivity contribution in [1.82, 2.24) is 0 Å². The molecular formula is C5H8O3S. The maximum Gasteiger partial charge on any atom is 0.314 e. The highest BCUT2D eigenvalue weighted by Crippen LogP contribution is 1.81. The summed E-state index contributed by atoms with van der Waals surface area (Å²) in [4.78, 5) is 0. The van der Waals surface area contributed by atoms with Crippen molar-refractivity contribution in [3.63, 3.8) is 0 Å². The first-order valence-corrected chi connectivity index (χ1v) is 4.24. The second-order valence-electron chi connectivity index (χ2n) is 1.42. The van der Waals surface area contributed by atoms with Gasteiger partial charge in [0.1, 0.15) is 6.11 Å². The van der Waals surface area contributed by atoms with Crippen LogP contribution in [0.3, 0.4) is 0 Å². The maximum atomic E-state index is 10.2. The van der Waals surface area contributed by atoms with Gasteiger partial charge in [-0.1, -0.05) is 12.8 Å². The highest BCUT2D eigenvalue weighted by molar-refractivity contribution is 7.86. The summed E-state index contributed by atoms with van der Waals surface area (Å²) in [6, 6.07) is 0. The Morgan fingerprint density at radius 2 is 2.11 bits per heavy atom. The van der Waals surface area contributed by atoms with Gasteiger partial charge in [-0.05, 0) is 0 Å². The first-order chi connectivity index (χ1) is 4.06. The summed E-state index contributed by atoms with van der Waals surface area (Å²) in [5.74, 6) is 2.45. The maximum absolute atomic E-state index is 10.2. The summed E-state index contributed by atoms with van der Waals surface area (Å²) in [7, 11) is -3.37. The van der Waals surface area contributed by atoms with Crippen LogP contribution in [-0.2, 0) is 14.3 Å². The molecule has 0 fully saturated rings. The van der Waals surface area contributed by atoms with Gasteiger partial charge in [0.15, 0.2) is 0 Å². The van der Waals surface area contributed by atoms with E-state index in [-0.39, 0.29) is 0 Å². The first-order valence-electron chi connectivity index (χ1n) is 2.42. The van der Waals surface area contributed by atoms with Gasteiger partial charge >= 0.3 is 10.1 Å². The molecule has 4 heteroatoms. The molecule has 3 nitrogen and oxygen atoms in total. The van der Waals surface area contributed by atoms with Crippen LogP contribution >= 0.6 is 0 Å². The smallest absolute Gasteiger partial charge is 0.314 e. The Hall–Kier alpha value is -0.690. The van der Waals surface area contributed by atoms with Crippen molar-refractivity contribution in [2.75, 3.05) is 6.26 Å². The molecule has 0 aliphatic heterocycles. The Kier molecular flexibility index (Phi) is 3.10. The molecule has 0 aromatic carbocycles. The van der Waals surface area contributed by atoms with Gasteiger partial charge in [0.2, 0.25) is 0 Å². The molecular weight excluding hydrogens is 140 g/mol. The van der Waals surface area contributed by atoms with E-state index in [0.717, 1.165) is 6.26 Å². The van der Waals surface area contributed by atoms with Gasteiger partial charge in [0.05, 0.1) is 6.26 Å². The minimum Gasteiger partial charge on any atom is -0.328 e. The quantitative estimate of drug-likeness (QED) is 0.397. The molecule has 0 heterocycles. The molecule has 0 radical (unpaired) electrons. The first kappa shape index (κ1) is 8.31. The lowest BCUT2D eigenvalue weighted by Gasteiger charge is -1.86. The Labute approximate surface area is 55.1 Å². The molecule has 0 amide bonds. The molecule has 0 N–H and O–H groups in total. The van der Waals surface area contributed by atoms with Crippen LogP contribution in [0.25, 0.3) is 0 Å². The van der Waals surface area contributed by atoms with E-state index in [0.29, 0.717) is 6.42 Å². The molecule has 9 heavy (non-hydrogen) atoms. The van der Waals surface area contributed by atoms with Gasteiger partial charge in [-0.2, -0.15) is 8.42 Å². The lowest BCUT2D eigenvalue weighted by molar-refractivity contribution is 0.472. The Bertz CT molecular complexity index is 216. The van der Waals surface area contributed by atoms with E-state index in [4.69, 9.17) is 0 Å². The standard InChI is InChI=1S/C5H8O3S/c1-3-4-5-8-9(2,6)7/h3H2,1-2H3. The zero-order chi connectivity index (χ0) is 7.33. The van der Waals surface area contributed by atoms with E-state index in [1.165, 1.54) is 0 Å². The average Bonchev–Trinajstić information content (AvgIpc) is 1.63. The molecule has 0 aliphatic rings. The summed E-state index contributed by atoms with van der Waals surface area (Å²) < 4.78 is 24.4. The Balaban J connectivity index is 3.79. The van der Waals surface area contributed by atoms with Crippen LogP contribution in [0.5, 0.6) is 0 Å². The largest absolute Gasteiger partial charge is 0.328 e. The summed E-state index contributed by atoms with van der Waals surface area (Å²) in [5, 5.41) is 0. The lowest BCUT2D eigenvalue weighted by Crippen LogP contribution is -1.96. The van der Waals surface area contributed by atoms with Crippen LogP contribution in [-0.4, -0.2) is 14.7 Å². The third-order valence-corrected chi connectivity index (χ3v) is 0.828. The highest BCUT2D eigenvalue weighted by atomic mass is 32.2. The van der Waals surface area contributed by atoms with Gasteiger partial charge in [0.25, 0.3) is 0 Å². The van der Waals surface area contributed by atoms with Crippen molar-refractivity contribution in [2.24, 2.45) is 0 Å². The van der Waals surface area contributed by atoms with Crippen molar-refractivity contribution in [3.8, 4) is 12.0 Å². The zero-order valence-electron chi connectivity index (χ0n) is 5.34. The fourth-order valence-corrected chi connectivity index (χ4v) is 0.388. The van der Waals surface area contributed by atoms with Gasteiger partial charge in [-0.3, -0.25) is 0 Å².